The Bertz CT molecular complexity index is 436. The first kappa shape index (κ1) is 16.5. The van der Waals surface area contributed by atoms with E-state index in [1.54, 1.807) is 11.8 Å². The van der Waals surface area contributed by atoms with E-state index in [-0.39, 0.29) is 22.2 Å². The van der Waals surface area contributed by atoms with Gasteiger partial charge < -0.3 is 10.4 Å². The molecular formula is C15H26N2O3S. The van der Waals surface area contributed by atoms with Crippen LogP contribution in [0.1, 0.15) is 41.0 Å². The van der Waals surface area contributed by atoms with E-state index in [1.165, 1.54) is 4.90 Å². The Morgan fingerprint density at radius 2 is 1.86 bits per heavy atom. The van der Waals surface area contributed by atoms with Crippen molar-refractivity contribution in [1.82, 2.24) is 10.2 Å². The van der Waals surface area contributed by atoms with E-state index in [9.17, 15) is 14.7 Å². The lowest BCUT2D eigenvalue weighted by molar-refractivity contribution is -0.141. The highest BCUT2D eigenvalue weighted by Crippen LogP contribution is 2.67. The molecule has 2 N–H and O–H groups in total. The molecule has 0 bridgehead atoms. The molecule has 21 heavy (non-hydrogen) atoms. The molecule has 2 atom stereocenters. The molecule has 0 aromatic rings. The third-order valence-electron chi connectivity index (χ3n) is 5.74. The number of carboxylic acids is 1. The van der Waals surface area contributed by atoms with Gasteiger partial charge in [-0.25, -0.2) is 9.59 Å². The van der Waals surface area contributed by atoms with Gasteiger partial charge in [-0.2, -0.15) is 0 Å². The number of nitrogens with one attached hydrogen (secondary N) is 1. The molecule has 1 saturated heterocycles. The molecule has 1 aliphatic carbocycles. The lowest BCUT2D eigenvalue weighted by atomic mass is 10.0. The van der Waals surface area contributed by atoms with E-state index in [2.05, 4.69) is 33.0 Å². The zero-order valence-electron chi connectivity index (χ0n) is 13.5. The van der Waals surface area contributed by atoms with Crippen LogP contribution in [-0.2, 0) is 4.79 Å². The molecular weight excluding hydrogens is 288 g/mol. The summed E-state index contributed by atoms with van der Waals surface area (Å²) in [5.74, 6) is -0.00460. The van der Waals surface area contributed by atoms with Gasteiger partial charge in [0.15, 0.2) is 0 Å². The van der Waals surface area contributed by atoms with Crippen LogP contribution in [0.5, 0.6) is 0 Å². The van der Waals surface area contributed by atoms with E-state index >= 15 is 0 Å². The molecule has 1 heterocycles. The number of nitrogens with zero attached hydrogens (tertiary/aromatic N) is 1. The predicted octanol–water partition coefficient (Wildman–Crippen LogP) is 2.62. The molecule has 0 aromatic carbocycles. The third-order valence-corrected chi connectivity index (χ3v) is 7.19. The summed E-state index contributed by atoms with van der Waals surface area (Å²) in [4.78, 5) is 25.2. The van der Waals surface area contributed by atoms with E-state index in [0.29, 0.717) is 18.2 Å². The minimum atomic E-state index is -0.916. The minimum absolute atomic E-state index is 0.0358. The van der Waals surface area contributed by atoms with Crippen molar-refractivity contribution in [3.05, 3.63) is 0 Å². The summed E-state index contributed by atoms with van der Waals surface area (Å²) < 4.78 is 0. The zero-order valence-corrected chi connectivity index (χ0v) is 14.3. The molecule has 2 amide bonds. The van der Waals surface area contributed by atoms with E-state index in [4.69, 9.17) is 0 Å². The molecule has 120 valence electrons. The second-order valence-corrected chi connectivity index (χ2v) is 8.35. The molecule has 5 nitrogen and oxygen atoms in total. The fourth-order valence-electron chi connectivity index (χ4n) is 3.46. The molecule has 2 rings (SSSR count). The van der Waals surface area contributed by atoms with E-state index in [0.717, 1.165) is 6.42 Å². The summed E-state index contributed by atoms with van der Waals surface area (Å²) >= 11 is 1.55. The van der Waals surface area contributed by atoms with Gasteiger partial charge in [-0.05, 0) is 23.2 Å². The molecule has 2 fully saturated rings. The van der Waals surface area contributed by atoms with Crippen LogP contribution in [0.4, 0.5) is 4.79 Å². The number of carbonyl (C=O) groups excluding carboxylic acids is 1. The highest BCUT2D eigenvalue weighted by atomic mass is 32.2. The molecule has 1 saturated carbocycles. The average molecular weight is 314 g/mol. The topological polar surface area (TPSA) is 69.6 Å². The Hall–Kier alpha value is -0.910. The fourth-order valence-corrected chi connectivity index (χ4v) is 4.81. The number of carboxylic acid groups (broad SMARTS) is 1. The smallest absolute Gasteiger partial charge is 0.327 e. The van der Waals surface area contributed by atoms with Gasteiger partial charge in [-0.3, -0.25) is 4.90 Å². The zero-order chi connectivity index (χ0) is 16.0. The Balaban J connectivity index is 1.97. The van der Waals surface area contributed by atoms with Crippen molar-refractivity contribution in [2.24, 2.45) is 16.7 Å². The summed E-state index contributed by atoms with van der Waals surface area (Å²) in [6, 6.07) is -0.946. The summed E-state index contributed by atoms with van der Waals surface area (Å²) in [5, 5.41) is 12.2. The van der Waals surface area contributed by atoms with Crippen LogP contribution in [0.3, 0.4) is 0 Å². The van der Waals surface area contributed by atoms with Crippen LogP contribution in [0.2, 0.25) is 0 Å². The van der Waals surface area contributed by atoms with Gasteiger partial charge in [0, 0.05) is 12.3 Å². The Labute approximate surface area is 130 Å². The van der Waals surface area contributed by atoms with Gasteiger partial charge in [0.25, 0.3) is 0 Å². The average Bonchev–Trinajstić information content (AvgIpc) is 2.73. The molecule has 2 aliphatic rings. The maximum atomic E-state index is 12.4. The number of aliphatic carboxylic acids is 1. The van der Waals surface area contributed by atoms with Gasteiger partial charge in [-0.15, -0.1) is 11.8 Å². The first-order valence-electron chi connectivity index (χ1n) is 7.55. The second-order valence-electron chi connectivity index (χ2n) is 7.14. The number of amides is 2. The van der Waals surface area contributed by atoms with Crippen LogP contribution in [-0.4, -0.2) is 45.7 Å². The normalized spacial score (nSPS) is 30.2. The van der Waals surface area contributed by atoms with Gasteiger partial charge in [0.05, 0.1) is 5.37 Å². The van der Waals surface area contributed by atoms with Crippen LogP contribution in [0.25, 0.3) is 0 Å². The van der Waals surface area contributed by atoms with Crippen molar-refractivity contribution >= 4 is 23.8 Å². The van der Waals surface area contributed by atoms with Gasteiger partial charge in [0.1, 0.15) is 6.04 Å². The second kappa shape index (κ2) is 5.38. The molecule has 2 unspecified atom stereocenters. The minimum Gasteiger partial charge on any atom is -0.480 e. The van der Waals surface area contributed by atoms with Crippen molar-refractivity contribution in [2.75, 3.05) is 12.3 Å². The first-order chi connectivity index (χ1) is 9.64. The molecule has 0 radical (unpaired) electrons. The Morgan fingerprint density at radius 3 is 2.29 bits per heavy atom. The summed E-state index contributed by atoms with van der Waals surface area (Å²) in [5.41, 5.74) is 0.437. The lowest BCUT2D eigenvalue weighted by Crippen LogP contribution is -2.50. The number of carbonyl (C=O) groups is 2. The quantitative estimate of drug-likeness (QED) is 0.837. The lowest BCUT2D eigenvalue weighted by Gasteiger charge is -2.27. The summed E-state index contributed by atoms with van der Waals surface area (Å²) in [7, 11) is 0. The maximum absolute atomic E-state index is 12.4. The van der Waals surface area contributed by atoms with E-state index in [1.807, 2.05) is 6.92 Å². The Morgan fingerprint density at radius 1 is 1.29 bits per heavy atom. The summed E-state index contributed by atoms with van der Waals surface area (Å²) in [6.45, 7) is 11.4. The standard InChI is InChI=1S/C15H26N2O3S/c1-6-11-17(9(8-21-11)12(18)19)13(20)16-7-10-14(2,3)15(10,4)5/h9-11H,6-8H2,1-5H3,(H,16,20)(H,18,19). The van der Waals surface area contributed by atoms with Gasteiger partial charge in [0.2, 0.25) is 0 Å². The van der Waals surface area contributed by atoms with Crippen molar-refractivity contribution < 1.29 is 14.7 Å². The first-order valence-corrected chi connectivity index (χ1v) is 8.60. The highest BCUT2D eigenvalue weighted by Gasteiger charge is 2.64. The largest absolute Gasteiger partial charge is 0.480 e. The van der Waals surface area contributed by atoms with Gasteiger partial charge in [-0.1, -0.05) is 34.6 Å². The SMILES string of the molecule is CCC1SCC(C(=O)O)N1C(=O)NCC1C(C)(C)C1(C)C. The number of rotatable bonds is 4. The van der Waals surface area contributed by atoms with Crippen LogP contribution < -0.4 is 5.32 Å². The van der Waals surface area contributed by atoms with Crippen LogP contribution >= 0.6 is 11.8 Å². The molecule has 0 aromatic heterocycles. The number of hydrogen-bond acceptors (Lipinski definition) is 3. The molecule has 1 aliphatic heterocycles. The monoisotopic (exact) mass is 314 g/mol. The van der Waals surface area contributed by atoms with Crippen LogP contribution in [0.15, 0.2) is 0 Å². The van der Waals surface area contributed by atoms with Crippen molar-refractivity contribution in [2.45, 2.75) is 52.5 Å². The highest BCUT2D eigenvalue weighted by molar-refractivity contribution is 8.00. The van der Waals surface area contributed by atoms with E-state index < -0.39 is 12.0 Å². The van der Waals surface area contributed by atoms with Gasteiger partial charge >= 0.3 is 12.0 Å². The van der Waals surface area contributed by atoms with Crippen molar-refractivity contribution in [1.29, 1.82) is 0 Å². The predicted molar refractivity (Wildman–Crippen MR) is 84.3 cm³/mol. The van der Waals surface area contributed by atoms with Crippen molar-refractivity contribution in [3.63, 3.8) is 0 Å². The number of hydrogen-bond donors (Lipinski definition) is 2. The number of urea groups is 1. The molecule has 0 spiro atoms. The fraction of sp³-hybridized carbons (Fsp3) is 0.867. The van der Waals surface area contributed by atoms with Crippen molar-refractivity contribution in [3.8, 4) is 0 Å². The maximum Gasteiger partial charge on any atom is 0.327 e. The molecule has 6 heteroatoms. The Kier molecular flexibility index (Phi) is 4.21. The number of thioether (sulfide) groups is 1. The van der Waals surface area contributed by atoms with Crippen LogP contribution in [0, 0.1) is 16.7 Å². The third kappa shape index (κ3) is 2.62. The summed E-state index contributed by atoms with van der Waals surface area (Å²) in [6.07, 6.45) is 0.766.